The van der Waals surface area contributed by atoms with Crippen molar-refractivity contribution in [3.05, 3.63) is 0 Å². The number of rotatable bonds is 7. The Kier molecular flexibility index (Phi) is 14.4. The number of carbonyl (C=O) groups is 2. The quantitative estimate of drug-likeness (QED) is 0.310. The van der Waals surface area contributed by atoms with Crippen molar-refractivity contribution >= 4 is 82.4 Å². The predicted octanol–water partition coefficient (Wildman–Crippen LogP) is -1.73. The molecule has 0 aromatic heterocycles. The molecule has 0 saturated heterocycles. The fourth-order valence-electron chi connectivity index (χ4n) is 0.368. The molecule has 70 valence electrons. The molecule has 13 heavy (non-hydrogen) atoms. The van der Waals surface area contributed by atoms with Gasteiger partial charge in [-0.1, -0.05) is 21.6 Å². The summed E-state index contributed by atoms with van der Waals surface area (Å²) in [6.45, 7) is 0. The maximum Gasteiger partial charge on any atom is 2.00 e. The first-order valence-electron chi connectivity index (χ1n) is 3.27. The van der Waals surface area contributed by atoms with Crippen LogP contribution in [0, 0.1) is 0 Å². The molecule has 4 nitrogen and oxygen atoms in total. The molecule has 0 aliphatic heterocycles. The van der Waals surface area contributed by atoms with Crippen molar-refractivity contribution in [2.45, 2.75) is 12.8 Å². The van der Waals surface area contributed by atoms with E-state index in [-0.39, 0.29) is 61.7 Å². The van der Waals surface area contributed by atoms with Crippen LogP contribution in [0.4, 0.5) is 0 Å². The number of hydrogen-bond acceptors (Lipinski definition) is 6. The third-order valence-electron chi connectivity index (χ3n) is 0.862. The zero-order chi connectivity index (χ0) is 9.40. The maximum absolute atomic E-state index is 9.90. The SMILES string of the molecule is O=C([O-])CCSSCCC(=O)[O-].[Ba+2]. The van der Waals surface area contributed by atoms with Gasteiger partial charge in [-0.05, 0) is 12.8 Å². The molecular formula is C6H8BaO4S2. The second kappa shape index (κ2) is 11.3. The second-order valence-electron chi connectivity index (χ2n) is 1.89. The molecule has 7 heteroatoms. The molecule has 0 spiro atoms. The van der Waals surface area contributed by atoms with Gasteiger partial charge in [0.1, 0.15) is 0 Å². The van der Waals surface area contributed by atoms with Crippen molar-refractivity contribution in [1.82, 2.24) is 0 Å². The van der Waals surface area contributed by atoms with Gasteiger partial charge in [0.25, 0.3) is 0 Å². The van der Waals surface area contributed by atoms with Gasteiger partial charge in [-0.2, -0.15) is 0 Å². The van der Waals surface area contributed by atoms with E-state index in [9.17, 15) is 19.8 Å². The monoisotopic (exact) mass is 346 g/mol. The Morgan fingerprint density at radius 1 is 0.923 bits per heavy atom. The van der Waals surface area contributed by atoms with E-state index in [1.807, 2.05) is 0 Å². The Hall–Kier alpha value is 1.21. The summed E-state index contributed by atoms with van der Waals surface area (Å²) in [5.41, 5.74) is 0. The van der Waals surface area contributed by atoms with E-state index in [0.717, 1.165) is 0 Å². The molecule has 0 rings (SSSR count). The first-order chi connectivity index (χ1) is 5.63. The van der Waals surface area contributed by atoms with Gasteiger partial charge in [-0.3, -0.25) is 0 Å². The Bertz CT molecular complexity index is 147. The van der Waals surface area contributed by atoms with Gasteiger partial charge < -0.3 is 19.8 Å². The summed E-state index contributed by atoms with van der Waals surface area (Å²) in [5, 5.41) is 19.8. The van der Waals surface area contributed by atoms with Gasteiger partial charge >= 0.3 is 48.9 Å². The normalized spacial score (nSPS) is 8.92. The van der Waals surface area contributed by atoms with Gasteiger partial charge in [0, 0.05) is 23.4 Å². The summed E-state index contributed by atoms with van der Waals surface area (Å²) in [5.74, 6) is -1.27. The Morgan fingerprint density at radius 3 is 1.46 bits per heavy atom. The van der Waals surface area contributed by atoms with Crippen molar-refractivity contribution < 1.29 is 19.8 Å². The van der Waals surface area contributed by atoms with Crippen LogP contribution in [0.2, 0.25) is 0 Å². The van der Waals surface area contributed by atoms with Crippen molar-refractivity contribution in [2.24, 2.45) is 0 Å². The van der Waals surface area contributed by atoms with Crippen LogP contribution in [0.25, 0.3) is 0 Å². The van der Waals surface area contributed by atoms with E-state index in [1.54, 1.807) is 0 Å². The summed E-state index contributed by atoms with van der Waals surface area (Å²) in [4.78, 5) is 19.8. The van der Waals surface area contributed by atoms with Crippen LogP contribution in [-0.2, 0) is 9.59 Å². The molecular weight excluding hydrogens is 338 g/mol. The number of carboxylic acids is 2. The van der Waals surface area contributed by atoms with Crippen LogP contribution in [-0.4, -0.2) is 72.3 Å². The minimum atomic E-state index is -1.08. The van der Waals surface area contributed by atoms with Gasteiger partial charge in [-0.15, -0.1) is 0 Å². The molecule has 0 aromatic carbocycles. The van der Waals surface area contributed by atoms with Crippen molar-refractivity contribution in [3.63, 3.8) is 0 Å². The zero-order valence-corrected chi connectivity index (χ0v) is 13.1. The number of carbonyl (C=O) groups excluding carboxylic acids is 2. The van der Waals surface area contributed by atoms with E-state index in [1.165, 1.54) is 21.6 Å². The van der Waals surface area contributed by atoms with E-state index in [4.69, 9.17) is 0 Å². The maximum atomic E-state index is 9.90. The molecule has 0 atom stereocenters. The smallest absolute Gasteiger partial charge is 0.550 e. The molecule has 0 N–H and O–H groups in total. The fraction of sp³-hybridized carbons (Fsp3) is 0.667. The summed E-state index contributed by atoms with van der Waals surface area (Å²) in [7, 11) is 2.66. The molecule has 0 radical (unpaired) electrons. The third kappa shape index (κ3) is 15.9. The molecule has 0 amide bonds. The van der Waals surface area contributed by atoms with E-state index in [0.29, 0.717) is 11.5 Å². The van der Waals surface area contributed by atoms with Crippen molar-refractivity contribution in [2.75, 3.05) is 11.5 Å². The number of aliphatic carboxylic acids is 2. The summed E-state index contributed by atoms with van der Waals surface area (Å²) >= 11 is 0. The van der Waals surface area contributed by atoms with Crippen LogP contribution in [0.1, 0.15) is 12.8 Å². The minimum Gasteiger partial charge on any atom is -0.550 e. The molecule has 0 aromatic rings. The van der Waals surface area contributed by atoms with E-state index >= 15 is 0 Å². The molecule has 0 heterocycles. The van der Waals surface area contributed by atoms with Crippen molar-refractivity contribution in [3.8, 4) is 0 Å². The van der Waals surface area contributed by atoms with Gasteiger partial charge in [0.15, 0.2) is 0 Å². The zero-order valence-electron chi connectivity index (χ0n) is 6.99. The average Bonchev–Trinajstić information content (AvgIpc) is 1.95. The molecule has 0 aliphatic carbocycles. The van der Waals surface area contributed by atoms with Gasteiger partial charge in [0.2, 0.25) is 0 Å². The van der Waals surface area contributed by atoms with Crippen LogP contribution in [0.3, 0.4) is 0 Å². The van der Waals surface area contributed by atoms with Crippen LogP contribution >= 0.6 is 21.6 Å². The van der Waals surface area contributed by atoms with Gasteiger partial charge in [-0.25, -0.2) is 0 Å². The summed E-state index contributed by atoms with van der Waals surface area (Å²) in [6.07, 6.45) is 0.00593. The molecule has 0 unspecified atom stereocenters. The number of carboxylic acid groups (broad SMARTS) is 2. The first-order valence-corrected chi connectivity index (χ1v) is 5.76. The molecule has 0 saturated carbocycles. The molecule has 0 aliphatic rings. The average molecular weight is 346 g/mol. The third-order valence-corrected chi connectivity index (χ3v) is 3.27. The Balaban J connectivity index is 0. The second-order valence-corrected chi connectivity index (χ2v) is 4.59. The molecule has 0 fully saturated rings. The predicted molar refractivity (Wildman–Crippen MR) is 49.9 cm³/mol. The standard InChI is InChI=1S/C6H10O4S2.Ba/c7-5(8)1-3-11-12-4-2-6(9)10;/h1-4H2,(H,7,8)(H,9,10);/q;+2/p-2. The van der Waals surface area contributed by atoms with Crippen LogP contribution in [0.5, 0.6) is 0 Å². The summed E-state index contributed by atoms with van der Waals surface area (Å²) < 4.78 is 0. The largest absolute Gasteiger partial charge is 2.00 e. The minimum absolute atomic E-state index is 0. The van der Waals surface area contributed by atoms with Crippen LogP contribution < -0.4 is 10.2 Å². The topological polar surface area (TPSA) is 80.3 Å². The van der Waals surface area contributed by atoms with Crippen LogP contribution in [0.15, 0.2) is 0 Å². The summed E-state index contributed by atoms with van der Waals surface area (Å²) in [6, 6.07) is 0. The Morgan fingerprint density at radius 2 is 1.23 bits per heavy atom. The Labute approximate surface area is 125 Å². The van der Waals surface area contributed by atoms with E-state index < -0.39 is 11.9 Å². The van der Waals surface area contributed by atoms with Gasteiger partial charge in [0.05, 0.1) is 0 Å². The first kappa shape index (κ1) is 16.6. The molecule has 0 bridgehead atoms. The van der Waals surface area contributed by atoms with Crippen molar-refractivity contribution in [1.29, 1.82) is 0 Å². The van der Waals surface area contributed by atoms with E-state index in [2.05, 4.69) is 0 Å². The number of hydrogen-bond donors (Lipinski definition) is 0. The fourth-order valence-corrected chi connectivity index (χ4v) is 2.31.